The third-order valence-electron chi connectivity index (χ3n) is 3.23. The molecule has 0 aliphatic heterocycles. The molecule has 0 amide bonds. The number of hydrogen-bond acceptors (Lipinski definition) is 3. The Labute approximate surface area is 116 Å². The molecule has 5 heteroatoms. The molecule has 1 N–H and O–H groups in total. The Kier molecular flexibility index (Phi) is 3.85. The highest BCUT2D eigenvalue weighted by Crippen LogP contribution is 2.45. The van der Waals surface area contributed by atoms with E-state index in [9.17, 15) is 9.90 Å². The second-order valence-corrected chi connectivity index (χ2v) is 5.84. The third kappa shape index (κ3) is 2.48. The highest BCUT2D eigenvalue weighted by Gasteiger charge is 2.56. The summed E-state index contributed by atoms with van der Waals surface area (Å²) in [7, 11) is 0. The molecule has 1 fully saturated rings. The number of halogens is 2. The molecule has 0 saturated heterocycles. The van der Waals surface area contributed by atoms with Gasteiger partial charge in [0, 0.05) is 0 Å². The SMILES string of the molecule is O=C(Oc1ccccc1)C(Cl)(Cl)C1(O)CCCC1. The first-order valence-electron chi connectivity index (χ1n) is 5.83. The summed E-state index contributed by atoms with van der Waals surface area (Å²) in [5.41, 5.74) is -1.40. The van der Waals surface area contributed by atoms with Gasteiger partial charge >= 0.3 is 5.97 Å². The van der Waals surface area contributed by atoms with E-state index in [0.29, 0.717) is 18.6 Å². The van der Waals surface area contributed by atoms with Crippen LogP contribution in [0.5, 0.6) is 5.75 Å². The van der Waals surface area contributed by atoms with Gasteiger partial charge in [-0.1, -0.05) is 54.2 Å². The summed E-state index contributed by atoms with van der Waals surface area (Å²) in [6, 6.07) is 8.52. The van der Waals surface area contributed by atoms with Gasteiger partial charge in [0.1, 0.15) is 11.4 Å². The number of carbonyl (C=O) groups excluding carboxylic acids is 1. The normalized spacial score (nSPS) is 18.6. The largest absolute Gasteiger partial charge is 0.424 e. The Balaban J connectivity index is 2.12. The number of esters is 1. The zero-order valence-corrected chi connectivity index (χ0v) is 11.2. The maximum Gasteiger partial charge on any atom is 0.351 e. The molecule has 98 valence electrons. The van der Waals surface area contributed by atoms with Gasteiger partial charge in [-0.2, -0.15) is 0 Å². The highest BCUT2D eigenvalue weighted by molar-refractivity contribution is 6.58. The molecule has 0 bridgehead atoms. The van der Waals surface area contributed by atoms with Crippen molar-refractivity contribution in [1.82, 2.24) is 0 Å². The molecule has 0 heterocycles. The van der Waals surface area contributed by atoms with Crippen LogP contribution in [0.4, 0.5) is 0 Å². The van der Waals surface area contributed by atoms with Crippen molar-refractivity contribution in [2.75, 3.05) is 0 Å². The lowest BCUT2D eigenvalue weighted by molar-refractivity contribution is -0.141. The van der Waals surface area contributed by atoms with Crippen molar-refractivity contribution in [2.45, 2.75) is 35.6 Å². The molecule has 1 aromatic carbocycles. The van der Waals surface area contributed by atoms with E-state index in [4.69, 9.17) is 27.9 Å². The smallest absolute Gasteiger partial charge is 0.351 e. The van der Waals surface area contributed by atoms with Gasteiger partial charge in [-0.3, -0.25) is 0 Å². The molecule has 3 nitrogen and oxygen atoms in total. The number of aliphatic hydroxyl groups is 1. The average Bonchev–Trinajstić information content (AvgIpc) is 2.79. The van der Waals surface area contributed by atoms with Gasteiger partial charge in [-0.15, -0.1) is 0 Å². The first-order valence-corrected chi connectivity index (χ1v) is 6.59. The van der Waals surface area contributed by atoms with E-state index in [0.717, 1.165) is 12.8 Å². The topological polar surface area (TPSA) is 46.5 Å². The number of alkyl halides is 2. The van der Waals surface area contributed by atoms with E-state index in [2.05, 4.69) is 0 Å². The summed E-state index contributed by atoms with van der Waals surface area (Å²) in [5.74, 6) is -0.476. The van der Waals surface area contributed by atoms with Crippen LogP contribution in [0.1, 0.15) is 25.7 Å². The Morgan fingerprint density at radius 3 is 2.33 bits per heavy atom. The summed E-state index contributed by atoms with van der Waals surface area (Å²) >= 11 is 12.0. The number of ether oxygens (including phenoxy) is 1. The van der Waals surface area contributed by atoms with Gasteiger partial charge in [0.15, 0.2) is 0 Å². The fraction of sp³-hybridized carbons (Fsp3) is 0.462. The number of carbonyl (C=O) groups is 1. The first-order chi connectivity index (χ1) is 8.46. The molecule has 0 atom stereocenters. The standard InChI is InChI=1S/C13H14Cl2O3/c14-13(15,12(17)8-4-5-9-12)11(16)18-10-6-2-1-3-7-10/h1-3,6-7,17H,4-5,8-9H2. The molecule has 0 unspecified atom stereocenters. The molecule has 0 spiro atoms. The van der Waals surface area contributed by atoms with Crippen LogP contribution >= 0.6 is 23.2 Å². The minimum atomic E-state index is -1.93. The van der Waals surface area contributed by atoms with Gasteiger partial charge in [-0.05, 0) is 25.0 Å². The molecule has 0 radical (unpaired) electrons. The van der Waals surface area contributed by atoms with Crippen LogP contribution in [-0.4, -0.2) is 21.0 Å². The summed E-state index contributed by atoms with van der Waals surface area (Å²) in [6.45, 7) is 0. The number of benzene rings is 1. The number of para-hydroxylation sites is 1. The second kappa shape index (κ2) is 5.08. The van der Waals surface area contributed by atoms with E-state index in [1.807, 2.05) is 0 Å². The molecule has 1 aliphatic carbocycles. The molecule has 1 aliphatic rings. The number of hydrogen-bond donors (Lipinski definition) is 1. The van der Waals surface area contributed by atoms with Crippen molar-refractivity contribution >= 4 is 29.2 Å². The van der Waals surface area contributed by atoms with Crippen molar-refractivity contribution in [1.29, 1.82) is 0 Å². The van der Waals surface area contributed by atoms with Crippen molar-refractivity contribution < 1.29 is 14.6 Å². The predicted octanol–water partition coefficient (Wildman–Crippen LogP) is 3.07. The van der Waals surface area contributed by atoms with Crippen molar-refractivity contribution in [3.05, 3.63) is 30.3 Å². The molecule has 1 saturated carbocycles. The molecule has 2 rings (SSSR count). The Hall–Kier alpha value is -0.770. The van der Waals surface area contributed by atoms with Crippen molar-refractivity contribution in [2.24, 2.45) is 0 Å². The fourth-order valence-electron chi connectivity index (χ4n) is 2.12. The molecular weight excluding hydrogens is 275 g/mol. The average molecular weight is 289 g/mol. The lowest BCUT2D eigenvalue weighted by Gasteiger charge is -2.33. The Bertz CT molecular complexity index is 425. The van der Waals surface area contributed by atoms with Crippen LogP contribution in [0, 0.1) is 0 Å². The summed E-state index contributed by atoms with van der Waals surface area (Å²) in [4.78, 5) is 12.0. The van der Waals surface area contributed by atoms with Gasteiger partial charge < -0.3 is 9.84 Å². The second-order valence-electron chi connectivity index (χ2n) is 4.52. The van der Waals surface area contributed by atoms with Crippen molar-refractivity contribution in [3.8, 4) is 5.75 Å². The van der Waals surface area contributed by atoms with E-state index in [1.165, 1.54) is 0 Å². The molecule has 0 aromatic heterocycles. The van der Waals surface area contributed by atoms with Gasteiger partial charge in [0.05, 0.1) is 0 Å². The van der Waals surface area contributed by atoms with Gasteiger partial charge in [0.25, 0.3) is 0 Å². The van der Waals surface area contributed by atoms with Crippen LogP contribution in [-0.2, 0) is 4.79 Å². The zero-order valence-electron chi connectivity index (χ0n) is 9.73. The lowest BCUT2D eigenvalue weighted by atomic mass is 9.97. The summed E-state index contributed by atoms with van der Waals surface area (Å²) in [5, 5.41) is 10.3. The van der Waals surface area contributed by atoms with E-state index in [1.54, 1.807) is 30.3 Å². The van der Waals surface area contributed by atoms with E-state index < -0.39 is 15.9 Å². The maximum absolute atomic E-state index is 12.0. The molecule has 18 heavy (non-hydrogen) atoms. The maximum atomic E-state index is 12.0. The monoisotopic (exact) mass is 288 g/mol. The van der Waals surface area contributed by atoms with E-state index >= 15 is 0 Å². The summed E-state index contributed by atoms with van der Waals surface area (Å²) in [6.07, 6.45) is 2.42. The predicted molar refractivity (Wildman–Crippen MR) is 69.9 cm³/mol. The Morgan fingerprint density at radius 1 is 1.22 bits per heavy atom. The van der Waals surface area contributed by atoms with Crippen LogP contribution in [0.3, 0.4) is 0 Å². The van der Waals surface area contributed by atoms with Crippen LogP contribution in [0.15, 0.2) is 30.3 Å². The minimum Gasteiger partial charge on any atom is -0.424 e. The van der Waals surface area contributed by atoms with Gasteiger partial charge in [-0.25, -0.2) is 4.79 Å². The Morgan fingerprint density at radius 2 is 1.78 bits per heavy atom. The quantitative estimate of drug-likeness (QED) is 0.528. The van der Waals surface area contributed by atoms with Crippen LogP contribution in [0.25, 0.3) is 0 Å². The lowest BCUT2D eigenvalue weighted by Crippen LogP contribution is -2.51. The highest BCUT2D eigenvalue weighted by atomic mass is 35.5. The first kappa shape index (κ1) is 13.7. The minimum absolute atomic E-state index is 0.356. The fourth-order valence-corrected chi connectivity index (χ4v) is 2.58. The van der Waals surface area contributed by atoms with E-state index in [-0.39, 0.29) is 0 Å². The van der Waals surface area contributed by atoms with Crippen LogP contribution in [0.2, 0.25) is 0 Å². The molecule has 1 aromatic rings. The summed E-state index contributed by atoms with van der Waals surface area (Å²) < 4.78 is 3.16. The van der Waals surface area contributed by atoms with Crippen molar-refractivity contribution in [3.63, 3.8) is 0 Å². The van der Waals surface area contributed by atoms with Gasteiger partial charge in [0.2, 0.25) is 4.33 Å². The van der Waals surface area contributed by atoms with Crippen LogP contribution < -0.4 is 4.74 Å². The molecular formula is C13H14Cl2O3. The third-order valence-corrected chi connectivity index (χ3v) is 4.24. The zero-order chi connectivity index (χ0) is 13.2. The number of rotatable bonds is 3.